The predicted molar refractivity (Wildman–Crippen MR) is 118 cm³/mol. The van der Waals surface area contributed by atoms with Crippen LogP contribution in [-0.2, 0) is 13.1 Å². The van der Waals surface area contributed by atoms with Gasteiger partial charge in [-0.15, -0.1) is 0 Å². The van der Waals surface area contributed by atoms with Gasteiger partial charge in [0.2, 0.25) is 6.79 Å². The van der Waals surface area contributed by atoms with Gasteiger partial charge in [0.1, 0.15) is 0 Å². The topological polar surface area (TPSA) is 60.4 Å². The second-order valence-corrected chi connectivity index (χ2v) is 7.44. The van der Waals surface area contributed by atoms with Crippen LogP contribution < -0.4 is 18.9 Å². The number of aliphatic hydroxyl groups excluding tert-OH is 1. The summed E-state index contributed by atoms with van der Waals surface area (Å²) in [6, 6.07) is 21.5. The van der Waals surface area contributed by atoms with Gasteiger partial charge in [-0.2, -0.15) is 0 Å². The van der Waals surface area contributed by atoms with Crippen LogP contribution in [0.1, 0.15) is 22.8 Å². The molecule has 162 valence electrons. The Bertz CT molecular complexity index is 1010. The van der Waals surface area contributed by atoms with Gasteiger partial charge in [0, 0.05) is 25.2 Å². The Kier molecular flexibility index (Phi) is 6.60. The van der Waals surface area contributed by atoms with E-state index in [2.05, 4.69) is 4.90 Å². The largest absolute Gasteiger partial charge is 0.493 e. The predicted octanol–water partition coefficient (Wildman–Crippen LogP) is 4.17. The van der Waals surface area contributed by atoms with Gasteiger partial charge in [-0.1, -0.05) is 48.5 Å². The van der Waals surface area contributed by atoms with Crippen LogP contribution in [0.15, 0.2) is 66.7 Å². The number of fused-ring (bicyclic) bond motifs is 1. The van der Waals surface area contributed by atoms with Crippen LogP contribution in [0.2, 0.25) is 0 Å². The summed E-state index contributed by atoms with van der Waals surface area (Å²) >= 11 is 0. The molecule has 3 aromatic carbocycles. The van der Waals surface area contributed by atoms with Gasteiger partial charge in [-0.05, 0) is 29.3 Å². The van der Waals surface area contributed by atoms with Gasteiger partial charge < -0.3 is 24.1 Å². The van der Waals surface area contributed by atoms with E-state index in [0.717, 1.165) is 28.2 Å². The minimum absolute atomic E-state index is 0.246. The number of benzene rings is 3. The molecule has 0 aliphatic carbocycles. The highest BCUT2D eigenvalue weighted by Gasteiger charge is 2.20. The second-order valence-electron chi connectivity index (χ2n) is 7.44. The number of ether oxygens (including phenoxy) is 4. The van der Waals surface area contributed by atoms with Gasteiger partial charge in [-0.3, -0.25) is 4.90 Å². The van der Waals surface area contributed by atoms with Gasteiger partial charge in [-0.25, -0.2) is 0 Å². The highest BCUT2D eigenvalue weighted by Crippen LogP contribution is 2.34. The normalized spacial score (nSPS) is 13.3. The van der Waals surface area contributed by atoms with Crippen molar-refractivity contribution in [2.24, 2.45) is 0 Å². The second kappa shape index (κ2) is 9.73. The minimum Gasteiger partial charge on any atom is -0.493 e. The number of hydrogen-bond acceptors (Lipinski definition) is 6. The number of aliphatic hydroxyl groups is 1. The molecule has 31 heavy (non-hydrogen) atoms. The number of rotatable bonds is 9. The third-order valence-corrected chi connectivity index (χ3v) is 5.34. The quantitative estimate of drug-likeness (QED) is 0.560. The summed E-state index contributed by atoms with van der Waals surface area (Å²) in [7, 11) is 3.27. The van der Waals surface area contributed by atoms with Crippen LogP contribution in [0.3, 0.4) is 0 Å². The molecule has 3 aromatic rings. The summed E-state index contributed by atoms with van der Waals surface area (Å²) in [5.74, 6) is 2.90. The van der Waals surface area contributed by atoms with E-state index in [1.54, 1.807) is 14.2 Å². The van der Waals surface area contributed by atoms with Crippen LogP contribution in [-0.4, -0.2) is 37.6 Å². The maximum Gasteiger partial charge on any atom is 0.231 e. The zero-order valence-corrected chi connectivity index (χ0v) is 17.8. The van der Waals surface area contributed by atoms with Crippen molar-refractivity contribution in [1.29, 1.82) is 0 Å². The lowest BCUT2D eigenvalue weighted by molar-refractivity contribution is 0.104. The van der Waals surface area contributed by atoms with Gasteiger partial charge >= 0.3 is 0 Å². The van der Waals surface area contributed by atoms with Crippen LogP contribution in [0.25, 0.3) is 0 Å². The maximum absolute atomic E-state index is 10.9. The molecule has 0 fully saturated rings. The van der Waals surface area contributed by atoms with Crippen molar-refractivity contribution in [2.45, 2.75) is 19.2 Å². The molecule has 1 unspecified atom stereocenters. The van der Waals surface area contributed by atoms with Crippen LogP contribution in [0.5, 0.6) is 23.0 Å². The molecule has 4 rings (SSSR count). The first-order valence-corrected chi connectivity index (χ1v) is 10.2. The number of methoxy groups -OCH3 is 2. The molecule has 6 heteroatoms. The molecule has 1 heterocycles. The number of nitrogens with zero attached hydrogens (tertiary/aromatic N) is 1. The Balaban J connectivity index is 1.59. The first-order chi connectivity index (χ1) is 15.2. The van der Waals surface area contributed by atoms with Crippen molar-refractivity contribution >= 4 is 0 Å². The van der Waals surface area contributed by atoms with E-state index >= 15 is 0 Å². The fraction of sp³-hybridized carbons (Fsp3) is 0.280. The lowest BCUT2D eigenvalue weighted by Crippen LogP contribution is -2.28. The van der Waals surface area contributed by atoms with Crippen molar-refractivity contribution in [1.82, 2.24) is 4.90 Å². The van der Waals surface area contributed by atoms with E-state index < -0.39 is 6.10 Å². The maximum atomic E-state index is 10.9. The van der Waals surface area contributed by atoms with Crippen molar-refractivity contribution in [3.05, 3.63) is 83.4 Å². The zero-order valence-electron chi connectivity index (χ0n) is 17.8. The van der Waals surface area contributed by atoms with Crippen LogP contribution in [0.4, 0.5) is 0 Å². The van der Waals surface area contributed by atoms with Crippen molar-refractivity contribution < 1.29 is 24.1 Å². The van der Waals surface area contributed by atoms with Crippen LogP contribution in [0, 0.1) is 0 Å². The van der Waals surface area contributed by atoms with Crippen molar-refractivity contribution in [2.75, 3.05) is 27.6 Å². The van der Waals surface area contributed by atoms with Crippen molar-refractivity contribution in [3.8, 4) is 23.0 Å². The van der Waals surface area contributed by atoms with Crippen molar-refractivity contribution in [3.63, 3.8) is 0 Å². The Morgan fingerprint density at radius 2 is 1.71 bits per heavy atom. The Morgan fingerprint density at radius 1 is 0.903 bits per heavy atom. The summed E-state index contributed by atoms with van der Waals surface area (Å²) in [5, 5.41) is 10.9. The van der Waals surface area contributed by atoms with E-state index in [9.17, 15) is 5.11 Å². The van der Waals surface area contributed by atoms with Gasteiger partial charge in [0.25, 0.3) is 0 Å². The molecule has 1 aliphatic heterocycles. The van der Waals surface area contributed by atoms with E-state index in [0.29, 0.717) is 31.1 Å². The molecule has 0 aromatic heterocycles. The highest BCUT2D eigenvalue weighted by molar-refractivity contribution is 5.47. The molecule has 0 saturated heterocycles. The standard InChI is InChI=1S/C25H27NO5/c1-28-23-10-6-9-20(25(23)29-2)15-26(16-21(27)19-7-4-3-5-8-19)14-18-11-12-22-24(13-18)31-17-30-22/h3-13,21,27H,14-17H2,1-2H3. The Hall–Kier alpha value is -3.22. The smallest absolute Gasteiger partial charge is 0.231 e. The summed E-state index contributed by atoms with van der Waals surface area (Å²) in [6.45, 7) is 1.91. The SMILES string of the molecule is COc1cccc(CN(Cc2ccc3c(c2)OCO3)CC(O)c2ccccc2)c1OC. The van der Waals surface area contributed by atoms with E-state index in [1.807, 2.05) is 66.7 Å². The monoisotopic (exact) mass is 421 g/mol. The van der Waals surface area contributed by atoms with Gasteiger partial charge in [0.05, 0.1) is 20.3 Å². The molecule has 6 nitrogen and oxygen atoms in total. The fourth-order valence-corrected chi connectivity index (χ4v) is 3.83. The lowest BCUT2D eigenvalue weighted by atomic mass is 10.1. The van der Waals surface area contributed by atoms with Crippen LogP contribution >= 0.6 is 0 Å². The summed E-state index contributed by atoms with van der Waals surface area (Å²) < 4.78 is 22.0. The molecule has 0 amide bonds. The molecular formula is C25H27NO5. The van der Waals surface area contributed by atoms with Gasteiger partial charge in [0.15, 0.2) is 23.0 Å². The van der Waals surface area contributed by atoms with E-state index in [-0.39, 0.29) is 6.79 Å². The zero-order chi connectivity index (χ0) is 21.6. The highest BCUT2D eigenvalue weighted by atomic mass is 16.7. The fourth-order valence-electron chi connectivity index (χ4n) is 3.83. The number of hydrogen-bond donors (Lipinski definition) is 1. The average molecular weight is 421 g/mol. The molecule has 0 radical (unpaired) electrons. The summed E-state index contributed by atoms with van der Waals surface area (Å²) in [5.41, 5.74) is 2.95. The summed E-state index contributed by atoms with van der Waals surface area (Å²) in [4.78, 5) is 2.19. The first kappa shape index (κ1) is 21.0. The molecule has 0 bridgehead atoms. The average Bonchev–Trinajstić information content (AvgIpc) is 3.27. The third kappa shape index (κ3) is 4.93. The molecule has 0 spiro atoms. The Labute approximate surface area is 182 Å². The molecule has 0 saturated carbocycles. The minimum atomic E-state index is -0.619. The third-order valence-electron chi connectivity index (χ3n) is 5.34. The molecule has 1 atom stereocenters. The van der Waals surface area contributed by atoms with E-state index in [1.165, 1.54) is 0 Å². The molecule has 1 aliphatic rings. The van der Waals surface area contributed by atoms with E-state index in [4.69, 9.17) is 18.9 Å². The summed E-state index contributed by atoms with van der Waals surface area (Å²) in [6.07, 6.45) is -0.619. The lowest BCUT2D eigenvalue weighted by Gasteiger charge is -2.26. The number of para-hydroxylation sites is 1. The molecular weight excluding hydrogens is 394 g/mol. The molecule has 1 N–H and O–H groups in total. The first-order valence-electron chi connectivity index (χ1n) is 10.2. The Morgan fingerprint density at radius 3 is 2.48 bits per heavy atom.